The molecule has 0 aliphatic heterocycles. The minimum absolute atomic E-state index is 0.0833. The molecule has 6 heteroatoms. The number of rotatable bonds is 2. The number of pyridine rings is 1. The molecule has 1 aromatic heterocycles. The summed E-state index contributed by atoms with van der Waals surface area (Å²) >= 11 is 0. The fraction of sp³-hybridized carbons (Fsp3) is 0.133. The van der Waals surface area contributed by atoms with Gasteiger partial charge in [-0.05, 0) is 32.0 Å². The van der Waals surface area contributed by atoms with E-state index in [1.807, 2.05) is 6.92 Å². The van der Waals surface area contributed by atoms with Crippen LogP contribution in [0.5, 0.6) is 0 Å². The maximum atomic E-state index is 12.1. The highest BCUT2D eigenvalue weighted by Gasteiger charge is 2.17. The van der Waals surface area contributed by atoms with E-state index in [1.54, 1.807) is 12.1 Å². The van der Waals surface area contributed by atoms with Crippen LogP contribution in [0.2, 0.25) is 0 Å². The molecule has 2 rings (SSSR count). The third-order valence-corrected chi connectivity index (χ3v) is 2.58. The number of carbonyl (C=O) groups excluding carboxylic acids is 1. The molecule has 3 N–H and O–H groups in total. The van der Waals surface area contributed by atoms with Gasteiger partial charge in [0.15, 0.2) is 5.78 Å². The van der Waals surface area contributed by atoms with Crippen LogP contribution in [0.3, 0.4) is 0 Å². The number of aromatic nitrogens is 1. The van der Waals surface area contributed by atoms with Gasteiger partial charge in [0.05, 0.1) is 0 Å². The molecular weight excluding hydrogens is 275 g/mol. The third kappa shape index (κ3) is 4.68. The summed E-state index contributed by atoms with van der Waals surface area (Å²) in [6, 6.07) is 7.73. The Bertz CT molecular complexity index is 633. The lowest BCUT2D eigenvalue weighted by atomic mass is 10.1. The van der Waals surface area contributed by atoms with E-state index in [-0.39, 0.29) is 28.5 Å². The summed E-state index contributed by atoms with van der Waals surface area (Å²) in [5.74, 6) is -1.89. The number of ketones is 1. The van der Waals surface area contributed by atoms with Gasteiger partial charge in [0.1, 0.15) is 17.2 Å². The van der Waals surface area contributed by atoms with Crippen molar-refractivity contribution in [3.05, 3.63) is 59.0 Å². The van der Waals surface area contributed by atoms with Crippen molar-refractivity contribution < 1.29 is 19.1 Å². The molecule has 0 aliphatic rings. The molecule has 0 amide bonds. The quantitative estimate of drug-likeness (QED) is 0.829. The Morgan fingerprint density at radius 1 is 1.19 bits per heavy atom. The van der Waals surface area contributed by atoms with E-state index in [0.29, 0.717) is 0 Å². The first-order valence-electron chi connectivity index (χ1n) is 6.03. The fourth-order valence-corrected chi connectivity index (χ4v) is 1.53. The zero-order valence-electron chi connectivity index (χ0n) is 11.6. The molecule has 2 aromatic rings. The van der Waals surface area contributed by atoms with Crippen molar-refractivity contribution in [1.29, 1.82) is 0 Å². The number of nitrogen functional groups attached to an aromatic ring is 1. The van der Waals surface area contributed by atoms with Gasteiger partial charge in [-0.2, -0.15) is 0 Å². The molecule has 1 heterocycles. The van der Waals surface area contributed by atoms with Crippen LogP contribution in [-0.2, 0) is 0 Å². The topological polar surface area (TPSA) is 93.3 Å². The number of nitrogens with zero attached hydrogens (tertiary/aromatic N) is 1. The number of aromatic carboxylic acids is 1. The van der Waals surface area contributed by atoms with Crippen LogP contribution in [0.15, 0.2) is 36.5 Å². The molecule has 0 saturated carbocycles. The average molecular weight is 290 g/mol. The lowest BCUT2D eigenvalue weighted by molar-refractivity contribution is 0.0693. The van der Waals surface area contributed by atoms with Gasteiger partial charge in [-0.1, -0.05) is 17.7 Å². The van der Waals surface area contributed by atoms with Gasteiger partial charge in [-0.15, -0.1) is 0 Å². The van der Waals surface area contributed by atoms with Crippen LogP contribution in [-0.4, -0.2) is 21.8 Å². The predicted octanol–water partition coefficient (Wildman–Crippen LogP) is 2.70. The van der Waals surface area contributed by atoms with Crippen LogP contribution in [0, 0.1) is 12.7 Å². The van der Waals surface area contributed by atoms with Crippen molar-refractivity contribution in [1.82, 2.24) is 4.98 Å². The summed E-state index contributed by atoms with van der Waals surface area (Å²) < 4.78 is 12.1. The van der Waals surface area contributed by atoms with Gasteiger partial charge >= 0.3 is 5.97 Å². The first kappa shape index (κ1) is 16.3. The zero-order chi connectivity index (χ0) is 16.0. The standard InChI is InChI=1S/C8H8N2O3.C7H7F/c1-4(11)5-2-3-10-7(9)6(5)8(12)13;1-6-2-4-7(8)5-3-6/h2-3H,1H3,(H2,9,10)(H,12,13);2-5H,1H3. The first-order valence-corrected chi connectivity index (χ1v) is 6.03. The Hall–Kier alpha value is -2.76. The van der Waals surface area contributed by atoms with Gasteiger partial charge in [0.2, 0.25) is 0 Å². The summed E-state index contributed by atoms with van der Waals surface area (Å²) in [5, 5.41) is 8.72. The number of aryl methyl sites for hydroxylation is 1. The van der Waals surface area contributed by atoms with Crippen molar-refractivity contribution in [3.8, 4) is 0 Å². The molecule has 5 nitrogen and oxygen atoms in total. The van der Waals surface area contributed by atoms with Gasteiger partial charge in [-0.3, -0.25) is 4.79 Å². The SMILES string of the molecule is CC(=O)c1ccnc(N)c1C(=O)O.Cc1ccc(F)cc1. The molecule has 0 spiro atoms. The number of carbonyl (C=O) groups is 2. The fourth-order valence-electron chi connectivity index (χ4n) is 1.53. The Balaban J connectivity index is 0.000000235. The predicted molar refractivity (Wildman–Crippen MR) is 76.8 cm³/mol. The highest BCUT2D eigenvalue weighted by atomic mass is 19.1. The van der Waals surface area contributed by atoms with E-state index < -0.39 is 5.97 Å². The normalized spacial score (nSPS) is 9.48. The smallest absolute Gasteiger partial charge is 0.340 e. The van der Waals surface area contributed by atoms with Crippen LogP contribution in [0.25, 0.3) is 0 Å². The molecule has 21 heavy (non-hydrogen) atoms. The number of hydrogen-bond donors (Lipinski definition) is 2. The molecule has 0 unspecified atom stereocenters. The summed E-state index contributed by atoms with van der Waals surface area (Å²) in [6.07, 6.45) is 1.30. The Morgan fingerprint density at radius 3 is 2.14 bits per heavy atom. The highest BCUT2D eigenvalue weighted by molar-refractivity contribution is 6.07. The molecule has 110 valence electrons. The maximum absolute atomic E-state index is 12.1. The molecule has 0 aliphatic carbocycles. The summed E-state index contributed by atoms with van der Waals surface area (Å²) in [7, 11) is 0. The number of Topliss-reactive ketones (excluding diaryl/α,β-unsaturated/α-hetero) is 1. The maximum Gasteiger partial charge on any atom is 0.340 e. The number of carboxylic acids is 1. The number of anilines is 1. The molecular formula is C15H15FN2O3. The van der Waals surface area contributed by atoms with Crippen molar-refractivity contribution in [2.75, 3.05) is 5.73 Å². The van der Waals surface area contributed by atoms with Crippen LogP contribution < -0.4 is 5.73 Å². The van der Waals surface area contributed by atoms with E-state index in [2.05, 4.69) is 4.98 Å². The van der Waals surface area contributed by atoms with Gasteiger partial charge < -0.3 is 10.8 Å². The van der Waals surface area contributed by atoms with E-state index >= 15 is 0 Å². The summed E-state index contributed by atoms with van der Waals surface area (Å²) in [5.41, 5.74) is 6.26. The lowest BCUT2D eigenvalue weighted by Crippen LogP contribution is -2.11. The van der Waals surface area contributed by atoms with Crippen molar-refractivity contribution in [3.63, 3.8) is 0 Å². The van der Waals surface area contributed by atoms with Gasteiger partial charge in [0.25, 0.3) is 0 Å². The number of benzene rings is 1. The highest BCUT2D eigenvalue weighted by Crippen LogP contribution is 2.14. The Labute approximate surface area is 121 Å². The second kappa shape index (κ2) is 7.14. The Kier molecular flexibility index (Phi) is 5.54. The number of hydrogen-bond acceptors (Lipinski definition) is 4. The van der Waals surface area contributed by atoms with Crippen LogP contribution in [0.4, 0.5) is 10.2 Å². The largest absolute Gasteiger partial charge is 0.478 e. The summed E-state index contributed by atoms with van der Waals surface area (Å²) in [6.45, 7) is 3.21. The van der Waals surface area contributed by atoms with Crippen LogP contribution >= 0.6 is 0 Å². The Morgan fingerprint density at radius 2 is 1.76 bits per heavy atom. The van der Waals surface area contributed by atoms with E-state index in [1.165, 1.54) is 31.3 Å². The van der Waals surface area contributed by atoms with Crippen molar-refractivity contribution in [2.45, 2.75) is 13.8 Å². The molecule has 0 radical (unpaired) electrons. The average Bonchev–Trinajstić information content (AvgIpc) is 2.42. The van der Waals surface area contributed by atoms with E-state index in [9.17, 15) is 14.0 Å². The zero-order valence-corrected chi connectivity index (χ0v) is 11.6. The molecule has 0 saturated heterocycles. The van der Waals surface area contributed by atoms with Crippen molar-refractivity contribution >= 4 is 17.6 Å². The second-order valence-electron chi connectivity index (χ2n) is 4.28. The van der Waals surface area contributed by atoms with E-state index in [4.69, 9.17) is 10.8 Å². The summed E-state index contributed by atoms with van der Waals surface area (Å²) in [4.78, 5) is 25.2. The molecule has 1 aromatic carbocycles. The number of nitrogens with two attached hydrogens (primary N) is 1. The van der Waals surface area contributed by atoms with Crippen molar-refractivity contribution in [2.24, 2.45) is 0 Å². The monoisotopic (exact) mass is 290 g/mol. The van der Waals surface area contributed by atoms with Crippen LogP contribution in [0.1, 0.15) is 33.2 Å². The molecule has 0 atom stereocenters. The minimum atomic E-state index is -1.24. The number of carboxylic acid groups (broad SMARTS) is 1. The van der Waals surface area contributed by atoms with E-state index in [0.717, 1.165) is 5.56 Å². The molecule has 0 fully saturated rings. The third-order valence-electron chi connectivity index (χ3n) is 2.58. The lowest BCUT2D eigenvalue weighted by Gasteiger charge is -2.03. The first-order chi connectivity index (χ1) is 9.82. The van der Waals surface area contributed by atoms with Gasteiger partial charge in [-0.25, -0.2) is 14.2 Å². The second-order valence-corrected chi connectivity index (χ2v) is 4.28. The molecule has 0 bridgehead atoms. The van der Waals surface area contributed by atoms with Gasteiger partial charge in [0, 0.05) is 11.8 Å². The number of halogens is 1. The minimum Gasteiger partial charge on any atom is -0.478 e.